The van der Waals surface area contributed by atoms with Crippen molar-refractivity contribution in [3.63, 3.8) is 0 Å². The van der Waals surface area contributed by atoms with E-state index < -0.39 is 4.92 Å². The fourth-order valence-corrected chi connectivity index (χ4v) is 1.83. The van der Waals surface area contributed by atoms with E-state index in [1.807, 2.05) is 0 Å². The van der Waals surface area contributed by atoms with Crippen molar-refractivity contribution < 1.29 is 4.92 Å². The van der Waals surface area contributed by atoms with Crippen LogP contribution in [0.15, 0.2) is 40.8 Å². The molecule has 0 spiro atoms. The zero-order valence-electron chi connectivity index (χ0n) is 8.48. The van der Waals surface area contributed by atoms with E-state index in [-0.39, 0.29) is 11.5 Å². The summed E-state index contributed by atoms with van der Waals surface area (Å²) < 4.78 is 0. The van der Waals surface area contributed by atoms with Crippen LogP contribution in [0.3, 0.4) is 0 Å². The minimum Gasteiger partial charge on any atom is -0.378 e. The van der Waals surface area contributed by atoms with Crippen molar-refractivity contribution in [3.8, 4) is 0 Å². The molecule has 2 aromatic rings. The maximum atomic E-state index is 10.5. The van der Waals surface area contributed by atoms with Crippen LogP contribution in [0.1, 0.15) is 0 Å². The van der Waals surface area contributed by atoms with Gasteiger partial charge in [0.25, 0.3) is 0 Å². The number of hydrogen-bond acceptors (Lipinski definition) is 7. The Bertz CT molecular complexity index is 548. The first-order chi connectivity index (χ1) is 8.16. The molecule has 0 aliphatic rings. The zero-order chi connectivity index (χ0) is 12.3. The van der Waals surface area contributed by atoms with Crippen LogP contribution < -0.4 is 5.73 Å². The molecule has 0 amide bonds. The third-order valence-corrected chi connectivity index (χ3v) is 2.72. The van der Waals surface area contributed by atoms with Gasteiger partial charge in [-0.05, 0) is 23.9 Å². The average Bonchev–Trinajstić information content (AvgIpc) is 2.30. The van der Waals surface area contributed by atoms with Crippen LogP contribution in [0, 0.1) is 10.1 Å². The van der Waals surface area contributed by atoms with E-state index in [2.05, 4.69) is 15.0 Å². The monoisotopic (exact) mass is 249 g/mol. The maximum Gasteiger partial charge on any atom is 0.311 e. The molecular weight excluding hydrogens is 242 g/mol. The molecule has 0 saturated heterocycles. The summed E-state index contributed by atoms with van der Waals surface area (Å²) in [5.41, 5.74) is 5.28. The number of rotatable bonds is 3. The van der Waals surface area contributed by atoms with Crippen molar-refractivity contribution in [1.29, 1.82) is 0 Å². The third kappa shape index (κ3) is 2.67. The zero-order valence-corrected chi connectivity index (χ0v) is 9.29. The molecular formula is C9H7N5O2S. The third-order valence-electron chi connectivity index (χ3n) is 1.84. The van der Waals surface area contributed by atoms with E-state index in [0.29, 0.717) is 10.1 Å². The van der Waals surface area contributed by atoms with Gasteiger partial charge in [0, 0.05) is 12.3 Å². The summed E-state index contributed by atoms with van der Waals surface area (Å²) in [6, 6.07) is 4.57. The van der Waals surface area contributed by atoms with Crippen molar-refractivity contribution >= 4 is 23.3 Å². The Morgan fingerprint density at radius 3 is 2.71 bits per heavy atom. The van der Waals surface area contributed by atoms with E-state index >= 15 is 0 Å². The molecule has 0 radical (unpaired) electrons. The minimum atomic E-state index is -0.568. The van der Waals surface area contributed by atoms with Gasteiger partial charge in [0.1, 0.15) is 16.4 Å². The lowest BCUT2D eigenvalue weighted by atomic mass is 10.4. The van der Waals surface area contributed by atoms with Crippen LogP contribution in [-0.4, -0.2) is 19.9 Å². The highest BCUT2D eigenvalue weighted by Crippen LogP contribution is 2.27. The number of nitrogen functional groups attached to an aromatic ring is 1. The molecule has 0 atom stereocenters. The molecule has 0 aliphatic heterocycles. The molecule has 2 heterocycles. The summed E-state index contributed by atoms with van der Waals surface area (Å²) in [5, 5.41) is 11.8. The Morgan fingerprint density at radius 1 is 1.29 bits per heavy atom. The number of anilines is 1. The van der Waals surface area contributed by atoms with Gasteiger partial charge in [-0.3, -0.25) is 10.1 Å². The molecule has 2 aromatic heterocycles. The van der Waals surface area contributed by atoms with Crippen molar-refractivity contribution in [2.45, 2.75) is 10.1 Å². The van der Waals surface area contributed by atoms with E-state index in [4.69, 9.17) is 5.73 Å². The van der Waals surface area contributed by atoms with E-state index in [1.54, 1.807) is 12.3 Å². The minimum absolute atomic E-state index is 0.103. The first-order valence-electron chi connectivity index (χ1n) is 4.51. The molecule has 17 heavy (non-hydrogen) atoms. The van der Waals surface area contributed by atoms with Crippen LogP contribution in [0.5, 0.6) is 0 Å². The SMILES string of the molecule is Nc1nc(Sc2ccncn2)ccc1[N+](=O)[O-]. The van der Waals surface area contributed by atoms with Crippen LogP contribution in [0.4, 0.5) is 11.5 Å². The second kappa shape index (κ2) is 4.74. The van der Waals surface area contributed by atoms with Gasteiger partial charge in [0.15, 0.2) is 0 Å². The normalized spacial score (nSPS) is 10.1. The molecule has 0 fully saturated rings. The molecule has 2 rings (SSSR count). The summed E-state index contributed by atoms with van der Waals surface area (Å²) in [4.78, 5) is 21.7. The van der Waals surface area contributed by atoms with Crippen LogP contribution in [0.25, 0.3) is 0 Å². The summed E-state index contributed by atoms with van der Waals surface area (Å²) in [5.74, 6) is -0.103. The van der Waals surface area contributed by atoms with Crippen molar-refractivity contribution in [1.82, 2.24) is 15.0 Å². The number of hydrogen-bond donors (Lipinski definition) is 1. The highest BCUT2D eigenvalue weighted by Gasteiger charge is 2.13. The summed E-state index contributed by atoms with van der Waals surface area (Å²) in [6.45, 7) is 0. The van der Waals surface area contributed by atoms with Gasteiger partial charge in [0.2, 0.25) is 5.82 Å². The molecule has 0 bridgehead atoms. The number of nitrogens with zero attached hydrogens (tertiary/aromatic N) is 4. The molecule has 0 aliphatic carbocycles. The van der Waals surface area contributed by atoms with Crippen molar-refractivity contribution in [3.05, 3.63) is 40.8 Å². The van der Waals surface area contributed by atoms with Crippen molar-refractivity contribution in [2.24, 2.45) is 0 Å². The second-order valence-corrected chi connectivity index (χ2v) is 4.00. The second-order valence-electron chi connectivity index (χ2n) is 2.96. The Hall–Kier alpha value is -2.22. The molecule has 0 aromatic carbocycles. The number of nitrogens with two attached hydrogens (primary N) is 1. The lowest BCUT2D eigenvalue weighted by Crippen LogP contribution is -1.98. The predicted octanol–water partition coefficient (Wildman–Crippen LogP) is 1.51. The van der Waals surface area contributed by atoms with Crippen LogP contribution in [-0.2, 0) is 0 Å². The Labute approximate surface area is 100 Å². The number of nitro groups is 1. The largest absolute Gasteiger partial charge is 0.378 e. The quantitative estimate of drug-likeness (QED) is 0.499. The summed E-state index contributed by atoms with van der Waals surface area (Å²) >= 11 is 1.26. The molecule has 7 nitrogen and oxygen atoms in total. The Balaban J connectivity index is 2.24. The molecule has 8 heteroatoms. The first kappa shape index (κ1) is 11.3. The first-order valence-corrected chi connectivity index (χ1v) is 5.33. The highest BCUT2D eigenvalue weighted by molar-refractivity contribution is 7.99. The van der Waals surface area contributed by atoms with Crippen LogP contribution in [0.2, 0.25) is 0 Å². The summed E-state index contributed by atoms with van der Waals surface area (Å²) in [7, 11) is 0. The van der Waals surface area contributed by atoms with Gasteiger partial charge >= 0.3 is 5.69 Å². The average molecular weight is 249 g/mol. The molecule has 0 unspecified atom stereocenters. The fraction of sp³-hybridized carbons (Fsp3) is 0. The highest BCUT2D eigenvalue weighted by atomic mass is 32.2. The molecule has 2 N–H and O–H groups in total. The fourth-order valence-electron chi connectivity index (χ4n) is 1.11. The predicted molar refractivity (Wildman–Crippen MR) is 61.5 cm³/mol. The molecule has 86 valence electrons. The maximum absolute atomic E-state index is 10.5. The standard InChI is InChI=1S/C9H7N5O2S/c10-9-6(14(15)16)1-2-8(13-9)17-7-3-4-11-5-12-7/h1-5H,(H2,10,13). The topological polar surface area (TPSA) is 108 Å². The Morgan fingerprint density at radius 2 is 2.12 bits per heavy atom. The van der Waals surface area contributed by atoms with E-state index in [0.717, 1.165) is 0 Å². The summed E-state index contributed by atoms with van der Waals surface area (Å²) in [6.07, 6.45) is 3.02. The van der Waals surface area contributed by atoms with Gasteiger partial charge in [-0.25, -0.2) is 15.0 Å². The van der Waals surface area contributed by atoms with Gasteiger partial charge in [-0.15, -0.1) is 0 Å². The lowest BCUT2D eigenvalue weighted by Gasteiger charge is -2.01. The lowest BCUT2D eigenvalue weighted by molar-refractivity contribution is -0.384. The van der Waals surface area contributed by atoms with Gasteiger partial charge in [-0.2, -0.15) is 0 Å². The number of pyridine rings is 1. The van der Waals surface area contributed by atoms with E-state index in [1.165, 1.54) is 30.2 Å². The Kier molecular flexibility index (Phi) is 3.15. The van der Waals surface area contributed by atoms with Gasteiger partial charge < -0.3 is 5.73 Å². The number of aromatic nitrogens is 3. The van der Waals surface area contributed by atoms with Gasteiger partial charge in [0.05, 0.1) is 4.92 Å². The van der Waals surface area contributed by atoms with Crippen LogP contribution >= 0.6 is 11.8 Å². The van der Waals surface area contributed by atoms with Crippen molar-refractivity contribution in [2.75, 3.05) is 5.73 Å². The van der Waals surface area contributed by atoms with Gasteiger partial charge in [-0.1, -0.05) is 0 Å². The smallest absolute Gasteiger partial charge is 0.311 e. The molecule has 0 saturated carbocycles. The van der Waals surface area contributed by atoms with E-state index in [9.17, 15) is 10.1 Å².